The van der Waals surface area contributed by atoms with Gasteiger partial charge in [0.15, 0.2) is 5.75 Å². The molecule has 0 aliphatic carbocycles. The average molecular weight is 196 g/mol. The summed E-state index contributed by atoms with van der Waals surface area (Å²) in [6.45, 7) is 3.68. The second kappa shape index (κ2) is 4.60. The molecule has 1 unspecified atom stereocenters. The third kappa shape index (κ3) is 2.73. The predicted molar refractivity (Wildman–Crippen MR) is 50.1 cm³/mol. The Labute approximate surface area is 81.5 Å². The standard InChI is InChI=1S/C10H12O4/c1-3-7(2)10(12)14-8-4-5-9(11)13-6-8/h4-7H,3H2,1-2H3. The van der Waals surface area contributed by atoms with Crippen LogP contribution in [0.25, 0.3) is 0 Å². The van der Waals surface area contributed by atoms with Crippen LogP contribution in [-0.4, -0.2) is 5.97 Å². The van der Waals surface area contributed by atoms with Gasteiger partial charge in [-0.1, -0.05) is 13.8 Å². The van der Waals surface area contributed by atoms with E-state index in [0.717, 1.165) is 12.7 Å². The van der Waals surface area contributed by atoms with Crippen LogP contribution in [0, 0.1) is 5.92 Å². The first kappa shape index (κ1) is 10.5. The molecule has 0 saturated carbocycles. The molecule has 1 aromatic heterocycles. The highest BCUT2D eigenvalue weighted by Crippen LogP contribution is 2.10. The summed E-state index contributed by atoms with van der Waals surface area (Å²) in [5, 5.41) is 0. The smallest absolute Gasteiger partial charge is 0.335 e. The summed E-state index contributed by atoms with van der Waals surface area (Å²) in [5.74, 6) is -0.210. The summed E-state index contributed by atoms with van der Waals surface area (Å²) in [6, 6.07) is 2.62. The molecule has 1 rings (SSSR count). The highest BCUT2D eigenvalue weighted by molar-refractivity contribution is 5.74. The molecule has 0 aliphatic heterocycles. The summed E-state index contributed by atoms with van der Waals surface area (Å²) >= 11 is 0. The number of carbonyl (C=O) groups excluding carboxylic acids is 1. The van der Waals surface area contributed by atoms with Crippen molar-refractivity contribution in [3.05, 3.63) is 28.8 Å². The van der Waals surface area contributed by atoms with Crippen molar-refractivity contribution in [2.75, 3.05) is 0 Å². The van der Waals surface area contributed by atoms with Crippen LogP contribution in [0.15, 0.2) is 27.6 Å². The molecule has 0 radical (unpaired) electrons. The van der Waals surface area contributed by atoms with Crippen molar-refractivity contribution in [1.29, 1.82) is 0 Å². The lowest BCUT2D eigenvalue weighted by Crippen LogP contribution is -2.17. The molecule has 1 atom stereocenters. The van der Waals surface area contributed by atoms with E-state index in [1.807, 2.05) is 6.92 Å². The van der Waals surface area contributed by atoms with Gasteiger partial charge in [-0.25, -0.2) is 4.79 Å². The molecular formula is C10H12O4. The third-order valence-electron chi connectivity index (χ3n) is 1.91. The van der Waals surface area contributed by atoms with Gasteiger partial charge in [-0.3, -0.25) is 4.79 Å². The zero-order valence-corrected chi connectivity index (χ0v) is 8.15. The van der Waals surface area contributed by atoms with E-state index in [1.54, 1.807) is 6.92 Å². The fourth-order valence-electron chi connectivity index (χ4n) is 0.786. The molecule has 0 amide bonds. The van der Waals surface area contributed by atoms with Crippen LogP contribution in [0.3, 0.4) is 0 Å². The molecule has 1 heterocycles. The third-order valence-corrected chi connectivity index (χ3v) is 1.91. The number of hydrogen-bond donors (Lipinski definition) is 0. The van der Waals surface area contributed by atoms with Crippen molar-refractivity contribution >= 4 is 5.97 Å². The van der Waals surface area contributed by atoms with Crippen LogP contribution in [0.2, 0.25) is 0 Å². The van der Waals surface area contributed by atoms with E-state index in [2.05, 4.69) is 4.42 Å². The van der Waals surface area contributed by atoms with E-state index in [1.165, 1.54) is 12.1 Å². The van der Waals surface area contributed by atoms with E-state index >= 15 is 0 Å². The van der Waals surface area contributed by atoms with Gasteiger partial charge in [-0.15, -0.1) is 0 Å². The summed E-state index contributed by atoms with van der Waals surface area (Å²) in [7, 11) is 0. The van der Waals surface area contributed by atoms with Gasteiger partial charge in [-0.05, 0) is 12.5 Å². The number of rotatable bonds is 3. The predicted octanol–water partition coefficient (Wildman–Crippen LogP) is 1.59. The number of hydrogen-bond acceptors (Lipinski definition) is 4. The minimum atomic E-state index is -0.465. The fraction of sp³-hybridized carbons (Fsp3) is 0.400. The van der Waals surface area contributed by atoms with Gasteiger partial charge >= 0.3 is 11.6 Å². The average Bonchev–Trinajstić information content (AvgIpc) is 2.20. The van der Waals surface area contributed by atoms with E-state index in [9.17, 15) is 9.59 Å². The van der Waals surface area contributed by atoms with E-state index in [-0.39, 0.29) is 17.6 Å². The van der Waals surface area contributed by atoms with Crippen molar-refractivity contribution in [3.63, 3.8) is 0 Å². The molecule has 0 bridgehead atoms. The Hall–Kier alpha value is -1.58. The van der Waals surface area contributed by atoms with E-state index < -0.39 is 5.63 Å². The van der Waals surface area contributed by atoms with Gasteiger partial charge in [-0.2, -0.15) is 0 Å². The highest BCUT2D eigenvalue weighted by atomic mass is 16.5. The minimum Gasteiger partial charge on any atom is -0.427 e. The molecule has 4 heteroatoms. The summed E-state index contributed by atoms with van der Waals surface area (Å²) in [4.78, 5) is 21.9. The van der Waals surface area contributed by atoms with Crippen LogP contribution in [0.1, 0.15) is 20.3 Å². The van der Waals surface area contributed by atoms with Crippen LogP contribution < -0.4 is 10.4 Å². The molecule has 76 valence electrons. The zero-order valence-electron chi connectivity index (χ0n) is 8.15. The van der Waals surface area contributed by atoms with Crippen LogP contribution in [0.4, 0.5) is 0 Å². The van der Waals surface area contributed by atoms with Gasteiger partial charge in [0, 0.05) is 6.07 Å². The van der Waals surface area contributed by atoms with Gasteiger partial charge < -0.3 is 9.15 Å². The Morgan fingerprint density at radius 1 is 1.57 bits per heavy atom. The monoisotopic (exact) mass is 196 g/mol. The Balaban J connectivity index is 2.65. The first-order chi connectivity index (χ1) is 6.63. The maximum Gasteiger partial charge on any atom is 0.335 e. The number of ether oxygens (including phenoxy) is 1. The van der Waals surface area contributed by atoms with Gasteiger partial charge in [0.2, 0.25) is 0 Å². The minimum absolute atomic E-state index is 0.151. The molecule has 0 aliphatic rings. The maximum absolute atomic E-state index is 11.3. The Kier molecular flexibility index (Phi) is 3.45. The van der Waals surface area contributed by atoms with Crippen LogP contribution >= 0.6 is 0 Å². The molecule has 0 N–H and O–H groups in total. The Morgan fingerprint density at radius 3 is 2.79 bits per heavy atom. The van der Waals surface area contributed by atoms with E-state index in [0.29, 0.717) is 0 Å². The zero-order chi connectivity index (χ0) is 10.6. The molecule has 4 nitrogen and oxygen atoms in total. The number of carbonyl (C=O) groups is 1. The van der Waals surface area contributed by atoms with Crippen LogP contribution in [0.5, 0.6) is 5.75 Å². The maximum atomic E-state index is 11.3. The van der Waals surface area contributed by atoms with Crippen molar-refractivity contribution in [2.24, 2.45) is 5.92 Å². The quantitative estimate of drug-likeness (QED) is 0.689. The van der Waals surface area contributed by atoms with Gasteiger partial charge in [0.05, 0.1) is 5.92 Å². The molecule has 0 saturated heterocycles. The van der Waals surface area contributed by atoms with Crippen molar-refractivity contribution < 1.29 is 13.9 Å². The van der Waals surface area contributed by atoms with Crippen molar-refractivity contribution in [1.82, 2.24) is 0 Å². The summed E-state index contributed by atoms with van der Waals surface area (Å²) in [6.07, 6.45) is 1.85. The fourth-order valence-corrected chi connectivity index (χ4v) is 0.786. The summed E-state index contributed by atoms with van der Waals surface area (Å²) in [5.41, 5.74) is -0.465. The number of esters is 1. The normalized spacial score (nSPS) is 12.1. The molecule has 14 heavy (non-hydrogen) atoms. The topological polar surface area (TPSA) is 56.5 Å². The SMILES string of the molecule is CCC(C)C(=O)Oc1ccc(=O)oc1. The molecule has 0 spiro atoms. The molecule has 0 aromatic carbocycles. The highest BCUT2D eigenvalue weighted by Gasteiger charge is 2.12. The van der Waals surface area contributed by atoms with Crippen LogP contribution in [-0.2, 0) is 4.79 Å². The first-order valence-corrected chi connectivity index (χ1v) is 4.44. The second-order valence-corrected chi connectivity index (χ2v) is 3.02. The van der Waals surface area contributed by atoms with E-state index in [4.69, 9.17) is 4.74 Å². The second-order valence-electron chi connectivity index (χ2n) is 3.02. The molecule has 0 fully saturated rings. The van der Waals surface area contributed by atoms with Gasteiger partial charge in [0.25, 0.3) is 0 Å². The molecular weight excluding hydrogens is 184 g/mol. The van der Waals surface area contributed by atoms with Gasteiger partial charge in [0.1, 0.15) is 6.26 Å². The Morgan fingerprint density at radius 2 is 2.29 bits per heavy atom. The lowest BCUT2D eigenvalue weighted by atomic mass is 10.1. The Bertz CT molecular complexity index is 346. The lowest BCUT2D eigenvalue weighted by molar-refractivity contribution is -0.138. The first-order valence-electron chi connectivity index (χ1n) is 4.44. The van der Waals surface area contributed by atoms with Crippen molar-refractivity contribution in [2.45, 2.75) is 20.3 Å². The molecule has 1 aromatic rings. The van der Waals surface area contributed by atoms with Crippen molar-refractivity contribution in [3.8, 4) is 5.75 Å². The lowest BCUT2D eigenvalue weighted by Gasteiger charge is -2.07. The summed E-state index contributed by atoms with van der Waals surface area (Å²) < 4.78 is 9.49. The largest absolute Gasteiger partial charge is 0.427 e.